The Morgan fingerprint density at radius 2 is 2.18 bits per heavy atom. The molecule has 5 heteroatoms. The number of carbonyl (C=O) groups is 1. The van der Waals surface area contributed by atoms with Crippen LogP contribution in [0.15, 0.2) is 6.07 Å². The normalized spacial score (nSPS) is 22.1. The van der Waals surface area contributed by atoms with Crippen molar-refractivity contribution < 1.29 is 4.79 Å². The molecule has 1 amide bonds. The molecule has 0 aromatic carbocycles. The van der Waals surface area contributed by atoms with Crippen LogP contribution in [-0.2, 0) is 11.2 Å². The number of hydrogen-bond acceptors (Lipinski definition) is 4. The molecule has 0 spiro atoms. The fourth-order valence-corrected chi connectivity index (χ4v) is 3.19. The molecular weight excluding hydrogens is 276 g/mol. The standard InChI is InChI=1S/C17H26N4O/c1-12-19-15(7-8-17(22)21-14-5-2-6-14)10-16(20-12)13-4-3-9-18-11-13/h10,13-14,18H,2-9,11H2,1H3,(H,21,22)/t13-/m1/s1. The Balaban J connectivity index is 1.57. The third-order valence-electron chi connectivity index (χ3n) is 4.70. The van der Waals surface area contributed by atoms with Gasteiger partial charge < -0.3 is 10.6 Å². The van der Waals surface area contributed by atoms with Crippen molar-refractivity contribution in [1.29, 1.82) is 0 Å². The molecule has 1 aliphatic carbocycles. The summed E-state index contributed by atoms with van der Waals surface area (Å²) in [5.41, 5.74) is 2.13. The summed E-state index contributed by atoms with van der Waals surface area (Å²) in [6, 6.07) is 2.52. The van der Waals surface area contributed by atoms with Gasteiger partial charge in [0.05, 0.1) is 0 Å². The molecule has 0 radical (unpaired) electrons. The van der Waals surface area contributed by atoms with E-state index in [1.54, 1.807) is 0 Å². The molecule has 1 saturated heterocycles. The van der Waals surface area contributed by atoms with Crippen molar-refractivity contribution in [1.82, 2.24) is 20.6 Å². The summed E-state index contributed by atoms with van der Waals surface area (Å²) in [4.78, 5) is 21.0. The Morgan fingerprint density at radius 3 is 2.86 bits per heavy atom. The molecule has 2 fully saturated rings. The van der Waals surface area contributed by atoms with Gasteiger partial charge in [0.25, 0.3) is 0 Å². The monoisotopic (exact) mass is 302 g/mol. The van der Waals surface area contributed by atoms with Gasteiger partial charge in [-0.3, -0.25) is 4.79 Å². The maximum atomic E-state index is 11.9. The van der Waals surface area contributed by atoms with E-state index in [2.05, 4.69) is 26.7 Å². The van der Waals surface area contributed by atoms with E-state index >= 15 is 0 Å². The lowest BCUT2D eigenvalue weighted by molar-refractivity contribution is -0.122. The highest BCUT2D eigenvalue weighted by atomic mass is 16.1. The maximum Gasteiger partial charge on any atom is 0.220 e. The molecule has 1 aromatic heterocycles. The summed E-state index contributed by atoms with van der Waals surface area (Å²) in [7, 11) is 0. The van der Waals surface area contributed by atoms with Gasteiger partial charge in [-0.25, -0.2) is 9.97 Å². The van der Waals surface area contributed by atoms with Crippen molar-refractivity contribution in [3.63, 3.8) is 0 Å². The van der Waals surface area contributed by atoms with Crippen LogP contribution in [0.25, 0.3) is 0 Å². The molecule has 1 aromatic rings. The minimum atomic E-state index is 0.154. The number of amides is 1. The average molecular weight is 302 g/mol. The van der Waals surface area contributed by atoms with E-state index in [0.29, 0.717) is 24.8 Å². The first-order valence-electron chi connectivity index (χ1n) is 8.55. The first-order valence-corrected chi connectivity index (χ1v) is 8.55. The van der Waals surface area contributed by atoms with Crippen molar-refractivity contribution in [2.75, 3.05) is 13.1 Å². The van der Waals surface area contributed by atoms with Crippen molar-refractivity contribution in [3.05, 3.63) is 23.3 Å². The maximum absolute atomic E-state index is 11.9. The average Bonchev–Trinajstić information content (AvgIpc) is 2.49. The molecule has 0 unspecified atom stereocenters. The zero-order chi connectivity index (χ0) is 15.4. The largest absolute Gasteiger partial charge is 0.353 e. The van der Waals surface area contributed by atoms with Crippen molar-refractivity contribution >= 4 is 5.91 Å². The van der Waals surface area contributed by atoms with E-state index in [0.717, 1.165) is 43.1 Å². The molecule has 1 saturated carbocycles. The molecule has 5 nitrogen and oxygen atoms in total. The highest BCUT2D eigenvalue weighted by Gasteiger charge is 2.20. The quantitative estimate of drug-likeness (QED) is 0.871. The number of piperidine rings is 1. The molecule has 120 valence electrons. The number of nitrogens with zero attached hydrogens (tertiary/aromatic N) is 2. The minimum Gasteiger partial charge on any atom is -0.353 e. The van der Waals surface area contributed by atoms with Crippen molar-refractivity contribution in [2.24, 2.45) is 0 Å². The Labute approximate surface area is 132 Å². The second-order valence-corrected chi connectivity index (χ2v) is 6.57. The molecule has 1 aliphatic heterocycles. The van der Waals surface area contributed by atoms with Crippen LogP contribution >= 0.6 is 0 Å². The van der Waals surface area contributed by atoms with Crippen LogP contribution in [0.5, 0.6) is 0 Å². The van der Waals surface area contributed by atoms with E-state index < -0.39 is 0 Å². The summed E-state index contributed by atoms with van der Waals surface area (Å²) in [6.45, 7) is 4.05. The van der Waals surface area contributed by atoms with E-state index in [-0.39, 0.29) is 5.91 Å². The molecule has 0 bridgehead atoms. The molecule has 2 aliphatic rings. The topological polar surface area (TPSA) is 66.9 Å². The zero-order valence-corrected chi connectivity index (χ0v) is 13.4. The number of carbonyl (C=O) groups excluding carboxylic acids is 1. The number of nitrogens with one attached hydrogen (secondary N) is 2. The SMILES string of the molecule is Cc1nc(CCC(=O)NC2CCC2)cc([C@@H]2CCCNC2)n1. The van der Waals surface area contributed by atoms with Gasteiger partial charge in [0.15, 0.2) is 0 Å². The summed E-state index contributed by atoms with van der Waals surface area (Å²) in [5, 5.41) is 6.52. The molecule has 3 rings (SSSR count). The Morgan fingerprint density at radius 1 is 1.32 bits per heavy atom. The van der Waals surface area contributed by atoms with Crippen LogP contribution in [0.2, 0.25) is 0 Å². The number of aryl methyl sites for hydroxylation is 2. The Hall–Kier alpha value is -1.49. The lowest BCUT2D eigenvalue weighted by atomic mass is 9.93. The van der Waals surface area contributed by atoms with Crippen molar-refractivity contribution in [3.8, 4) is 0 Å². The van der Waals surface area contributed by atoms with E-state index in [1.807, 2.05) is 6.92 Å². The molecule has 2 N–H and O–H groups in total. The van der Waals surface area contributed by atoms with Gasteiger partial charge in [-0.15, -0.1) is 0 Å². The highest BCUT2D eigenvalue weighted by molar-refractivity contribution is 5.76. The van der Waals surface area contributed by atoms with Crippen molar-refractivity contribution in [2.45, 2.75) is 63.8 Å². The predicted octanol–water partition coefficient (Wildman–Crippen LogP) is 1.85. The first kappa shape index (κ1) is 15.4. The molecule has 22 heavy (non-hydrogen) atoms. The van der Waals surface area contributed by atoms with Crippen LogP contribution < -0.4 is 10.6 Å². The van der Waals surface area contributed by atoms with Crippen LogP contribution in [0.1, 0.15) is 61.7 Å². The second kappa shape index (κ2) is 7.18. The van der Waals surface area contributed by atoms with Gasteiger partial charge in [-0.2, -0.15) is 0 Å². The van der Waals surface area contributed by atoms with Crippen LogP contribution in [0.3, 0.4) is 0 Å². The fourth-order valence-electron chi connectivity index (χ4n) is 3.19. The lowest BCUT2D eigenvalue weighted by Gasteiger charge is -2.26. The zero-order valence-electron chi connectivity index (χ0n) is 13.4. The second-order valence-electron chi connectivity index (χ2n) is 6.57. The Kier molecular flexibility index (Phi) is 5.03. The molecule has 2 heterocycles. The third kappa shape index (κ3) is 4.03. The Bertz CT molecular complexity index is 521. The number of aromatic nitrogens is 2. The highest BCUT2D eigenvalue weighted by Crippen LogP contribution is 2.22. The van der Waals surface area contributed by atoms with E-state index in [1.165, 1.54) is 19.3 Å². The van der Waals surface area contributed by atoms with E-state index in [4.69, 9.17) is 0 Å². The van der Waals surface area contributed by atoms with Gasteiger partial charge >= 0.3 is 0 Å². The summed E-state index contributed by atoms with van der Waals surface area (Å²) in [5.74, 6) is 1.46. The van der Waals surface area contributed by atoms with E-state index in [9.17, 15) is 4.79 Å². The van der Waals surface area contributed by atoms with Crippen LogP contribution in [-0.4, -0.2) is 35.0 Å². The summed E-state index contributed by atoms with van der Waals surface area (Å²) in [6.07, 6.45) is 7.13. The van der Waals surface area contributed by atoms with Crippen LogP contribution in [0, 0.1) is 6.92 Å². The van der Waals surface area contributed by atoms with Gasteiger partial charge in [0.1, 0.15) is 5.82 Å². The minimum absolute atomic E-state index is 0.154. The predicted molar refractivity (Wildman–Crippen MR) is 85.7 cm³/mol. The summed E-state index contributed by atoms with van der Waals surface area (Å²) < 4.78 is 0. The molecule has 1 atom stereocenters. The van der Waals surface area contributed by atoms with Gasteiger partial charge in [0, 0.05) is 36.3 Å². The third-order valence-corrected chi connectivity index (χ3v) is 4.70. The molecular formula is C17H26N4O. The summed E-state index contributed by atoms with van der Waals surface area (Å²) >= 11 is 0. The number of hydrogen-bond donors (Lipinski definition) is 2. The first-order chi connectivity index (χ1) is 10.7. The van der Waals surface area contributed by atoms with Gasteiger partial charge in [-0.05, 0) is 58.1 Å². The van der Waals surface area contributed by atoms with Gasteiger partial charge in [-0.1, -0.05) is 0 Å². The fraction of sp³-hybridized carbons (Fsp3) is 0.706. The van der Waals surface area contributed by atoms with Crippen LogP contribution in [0.4, 0.5) is 0 Å². The van der Waals surface area contributed by atoms with Gasteiger partial charge in [0.2, 0.25) is 5.91 Å². The lowest BCUT2D eigenvalue weighted by Crippen LogP contribution is -2.39. The smallest absolute Gasteiger partial charge is 0.220 e. The number of rotatable bonds is 5.